The van der Waals surface area contributed by atoms with Crippen molar-refractivity contribution >= 4 is 46.4 Å². The van der Waals surface area contributed by atoms with E-state index < -0.39 is 11.8 Å². The Bertz CT molecular complexity index is 1280. The molecule has 0 fully saturated rings. The lowest BCUT2D eigenvalue weighted by Gasteiger charge is -2.11. The minimum absolute atomic E-state index is 0.0882. The first-order valence-electron chi connectivity index (χ1n) is 9.34. The van der Waals surface area contributed by atoms with Gasteiger partial charge in [0.1, 0.15) is 11.5 Å². The third kappa shape index (κ3) is 4.64. The highest BCUT2D eigenvalue weighted by Crippen LogP contribution is 2.32. The molecule has 4 aromatic rings. The third-order valence-electron chi connectivity index (χ3n) is 4.48. The van der Waals surface area contributed by atoms with Gasteiger partial charge >= 0.3 is 0 Å². The van der Waals surface area contributed by atoms with Crippen molar-refractivity contribution < 1.29 is 23.2 Å². The fraction of sp³-hybridized carbons (Fsp3) is 0.0435. The van der Waals surface area contributed by atoms with E-state index >= 15 is 0 Å². The predicted molar refractivity (Wildman–Crippen MR) is 122 cm³/mol. The van der Waals surface area contributed by atoms with Crippen LogP contribution in [0.2, 0.25) is 10.0 Å². The van der Waals surface area contributed by atoms with Crippen LogP contribution in [0, 0.1) is 0 Å². The lowest BCUT2D eigenvalue weighted by molar-refractivity contribution is 0.0989. The number of furan rings is 2. The van der Waals surface area contributed by atoms with Gasteiger partial charge in [0.25, 0.3) is 11.8 Å². The van der Waals surface area contributed by atoms with Gasteiger partial charge in [0, 0.05) is 22.3 Å². The van der Waals surface area contributed by atoms with Crippen molar-refractivity contribution in [2.75, 3.05) is 17.7 Å². The van der Waals surface area contributed by atoms with E-state index in [9.17, 15) is 9.59 Å². The van der Waals surface area contributed by atoms with Gasteiger partial charge < -0.3 is 24.2 Å². The zero-order valence-corrected chi connectivity index (χ0v) is 18.2. The van der Waals surface area contributed by atoms with E-state index in [-0.39, 0.29) is 11.5 Å². The predicted octanol–water partition coefficient (Wildman–Crippen LogP) is 6.36. The summed E-state index contributed by atoms with van der Waals surface area (Å²) >= 11 is 12.2. The zero-order chi connectivity index (χ0) is 22.7. The second kappa shape index (κ2) is 9.21. The molecule has 0 aliphatic rings. The average molecular weight is 471 g/mol. The van der Waals surface area contributed by atoms with E-state index in [1.807, 2.05) is 0 Å². The van der Waals surface area contributed by atoms with Crippen LogP contribution >= 0.6 is 23.2 Å². The number of anilines is 2. The van der Waals surface area contributed by atoms with Crippen molar-refractivity contribution in [3.63, 3.8) is 0 Å². The van der Waals surface area contributed by atoms with E-state index in [1.54, 1.807) is 54.6 Å². The molecular weight excluding hydrogens is 455 g/mol. The Labute approximate surface area is 192 Å². The highest BCUT2D eigenvalue weighted by molar-refractivity contribution is 6.35. The SMILES string of the molecule is COc1cc(NC(=O)c2ccc(-c3cc(Cl)ccc3Cl)o2)ccc1NC(=O)c1ccco1. The number of benzene rings is 2. The molecule has 0 bridgehead atoms. The number of carbonyl (C=O) groups excluding carboxylic acids is 2. The van der Waals surface area contributed by atoms with Crippen molar-refractivity contribution in [3.05, 3.63) is 88.5 Å². The lowest BCUT2D eigenvalue weighted by atomic mass is 10.2. The Morgan fingerprint density at radius 1 is 0.906 bits per heavy atom. The number of carbonyl (C=O) groups is 2. The maximum atomic E-state index is 12.6. The lowest BCUT2D eigenvalue weighted by Crippen LogP contribution is -2.13. The van der Waals surface area contributed by atoms with Crippen LogP contribution in [0.5, 0.6) is 5.75 Å². The zero-order valence-electron chi connectivity index (χ0n) is 16.6. The molecule has 0 aliphatic carbocycles. The molecule has 2 N–H and O–H groups in total. The van der Waals surface area contributed by atoms with Gasteiger partial charge in [-0.1, -0.05) is 23.2 Å². The topological polar surface area (TPSA) is 93.7 Å². The summed E-state index contributed by atoms with van der Waals surface area (Å²) in [6.07, 6.45) is 1.41. The minimum atomic E-state index is -0.469. The molecule has 7 nitrogen and oxygen atoms in total. The maximum absolute atomic E-state index is 12.6. The minimum Gasteiger partial charge on any atom is -0.494 e. The number of rotatable bonds is 6. The number of amides is 2. The van der Waals surface area contributed by atoms with Crippen LogP contribution in [0.3, 0.4) is 0 Å². The van der Waals surface area contributed by atoms with Crippen LogP contribution in [-0.4, -0.2) is 18.9 Å². The third-order valence-corrected chi connectivity index (χ3v) is 5.04. The highest BCUT2D eigenvalue weighted by Gasteiger charge is 2.17. The molecule has 2 amide bonds. The number of ether oxygens (including phenoxy) is 1. The molecule has 0 aliphatic heterocycles. The van der Waals surface area contributed by atoms with Crippen LogP contribution in [0.4, 0.5) is 11.4 Å². The summed E-state index contributed by atoms with van der Waals surface area (Å²) in [5.74, 6) is 0.129. The summed E-state index contributed by atoms with van der Waals surface area (Å²) in [6.45, 7) is 0. The monoisotopic (exact) mass is 470 g/mol. The smallest absolute Gasteiger partial charge is 0.291 e. The van der Waals surface area contributed by atoms with Gasteiger partial charge in [-0.3, -0.25) is 9.59 Å². The maximum Gasteiger partial charge on any atom is 0.291 e. The van der Waals surface area contributed by atoms with E-state index in [2.05, 4.69) is 10.6 Å². The van der Waals surface area contributed by atoms with Gasteiger partial charge in [0.15, 0.2) is 11.5 Å². The molecule has 4 rings (SSSR count). The summed E-state index contributed by atoms with van der Waals surface area (Å²) in [7, 11) is 1.46. The molecule has 162 valence electrons. The quantitative estimate of drug-likeness (QED) is 0.341. The van der Waals surface area contributed by atoms with E-state index in [0.29, 0.717) is 38.5 Å². The Hall–Kier alpha value is -3.68. The van der Waals surface area contributed by atoms with Gasteiger partial charge in [0.05, 0.1) is 24.1 Å². The number of methoxy groups -OCH3 is 1. The first-order valence-corrected chi connectivity index (χ1v) is 10.1. The first-order chi connectivity index (χ1) is 15.4. The number of hydrogen-bond acceptors (Lipinski definition) is 5. The summed E-state index contributed by atoms with van der Waals surface area (Å²) in [6, 6.07) is 16.1. The molecule has 2 aromatic heterocycles. The Morgan fingerprint density at radius 3 is 2.47 bits per heavy atom. The number of hydrogen-bond donors (Lipinski definition) is 2. The summed E-state index contributed by atoms with van der Waals surface area (Å²) in [4.78, 5) is 24.8. The fourth-order valence-corrected chi connectivity index (χ4v) is 3.33. The van der Waals surface area contributed by atoms with Crippen LogP contribution in [-0.2, 0) is 0 Å². The number of halogens is 2. The van der Waals surface area contributed by atoms with Crippen LogP contribution in [0.1, 0.15) is 21.1 Å². The van der Waals surface area contributed by atoms with Crippen molar-refractivity contribution in [1.29, 1.82) is 0 Å². The van der Waals surface area contributed by atoms with Crippen molar-refractivity contribution in [2.45, 2.75) is 0 Å². The van der Waals surface area contributed by atoms with E-state index in [0.717, 1.165) is 0 Å². The molecular formula is C23H16Cl2N2O5. The van der Waals surface area contributed by atoms with Crippen LogP contribution in [0.25, 0.3) is 11.3 Å². The second-order valence-corrected chi connectivity index (χ2v) is 7.43. The molecule has 0 saturated heterocycles. The normalized spacial score (nSPS) is 10.6. The van der Waals surface area contributed by atoms with Gasteiger partial charge in [-0.2, -0.15) is 0 Å². The van der Waals surface area contributed by atoms with Gasteiger partial charge in [-0.25, -0.2) is 0 Å². The summed E-state index contributed by atoms with van der Waals surface area (Å²) in [5, 5.41) is 6.37. The molecule has 0 spiro atoms. The van der Waals surface area contributed by atoms with Gasteiger partial charge in [-0.15, -0.1) is 0 Å². The largest absolute Gasteiger partial charge is 0.494 e. The van der Waals surface area contributed by atoms with Crippen molar-refractivity contribution in [3.8, 4) is 17.1 Å². The fourth-order valence-electron chi connectivity index (χ4n) is 2.95. The first kappa shape index (κ1) is 21.5. The summed E-state index contributed by atoms with van der Waals surface area (Å²) < 4.78 is 16.1. The molecule has 0 radical (unpaired) electrons. The van der Waals surface area contributed by atoms with Gasteiger partial charge in [0.2, 0.25) is 0 Å². The Balaban J connectivity index is 1.49. The molecule has 2 heterocycles. The average Bonchev–Trinajstić information content (AvgIpc) is 3.49. The Morgan fingerprint density at radius 2 is 1.72 bits per heavy atom. The second-order valence-electron chi connectivity index (χ2n) is 6.59. The van der Waals surface area contributed by atoms with Gasteiger partial charge in [-0.05, 0) is 54.6 Å². The molecule has 9 heteroatoms. The van der Waals surface area contributed by atoms with Crippen LogP contribution < -0.4 is 15.4 Å². The standard InChI is InChI=1S/C23H16Cl2N2O5/c1-30-21-12-14(5-7-17(21)27-22(28)19-3-2-10-31-19)26-23(29)20-9-8-18(32-20)15-11-13(24)4-6-16(15)25/h2-12H,1H3,(H,26,29)(H,27,28). The van der Waals surface area contributed by atoms with Crippen LogP contribution in [0.15, 0.2) is 75.8 Å². The molecule has 0 saturated carbocycles. The molecule has 2 aromatic carbocycles. The van der Waals surface area contributed by atoms with Crippen molar-refractivity contribution in [2.24, 2.45) is 0 Å². The van der Waals surface area contributed by atoms with E-state index in [4.69, 9.17) is 36.8 Å². The summed E-state index contributed by atoms with van der Waals surface area (Å²) in [5.41, 5.74) is 1.45. The molecule has 32 heavy (non-hydrogen) atoms. The molecule has 0 atom stereocenters. The Kier molecular flexibility index (Phi) is 6.20. The number of nitrogens with one attached hydrogen (secondary N) is 2. The van der Waals surface area contributed by atoms with Crippen molar-refractivity contribution in [1.82, 2.24) is 0 Å². The van der Waals surface area contributed by atoms with E-state index in [1.165, 1.54) is 19.4 Å². The highest BCUT2D eigenvalue weighted by atomic mass is 35.5. The molecule has 0 unspecified atom stereocenters.